The zero-order valence-corrected chi connectivity index (χ0v) is 13.7. The summed E-state index contributed by atoms with van der Waals surface area (Å²) in [6.07, 6.45) is 3.58. The van der Waals surface area contributed by atoms with Crippen LogP contribution >= 0.6 is 0 Å². The molecule has 2 saturated heterocycles. The van der Waals surface area contributed by atoms with Gasteiger partial charge in [-0.15, -0.1) is 0 Å². The normalized spacial score (nSPS) is 32.6. The van der Waals surface area contributed by atoms with Crippen LogP contribution in [0.2, 0.25) is 0 Å². The number of fused-ring (bicyclic) bond motifs is 2. The van der Waals surface area contributed by atoms with Crippen LogP contribution in [0.5, 0.6) is 0 Å². The summed E-state index contributed by atoms with van der Waals surface area (Å²) >= 11 is 0. The summed E-state index contributed by atoms with van der Waals surface area (Å²) in [7, 11) is 2.22. The molecule has 0 amide bonds. The van der Waals surface area contributed by atoms with Crippen molar-refractivity contribution in [1.29, 1.82) is 0 Å². The van der Waals surface area contributed by atoms with Gasteiger partial charge in [0.2, 0.25) is 0 Å². The zero-order chi connectivity index (χ0) is 15.1. The molecule has 2 nitrogen and oxygen atoms in total. The molecule has 2 bridgehead atoms. The van der Waals surface area contributed by atoms with Crippen LogP contribution in [0.25, 0.3) is 0 Å². The maximum atomic E-state index is 12.9. The van der Waals surface area contributed by atoms with Gasteiger partial charge in [-0.3, -0.25) is 9.69 Å². The van der Waals surface area contributed by atoms with Crippen LogP contribution in [0, 0.1) is 18.8 Å². The van der Waals surface area contributed by atoms with Crippen LogP contribution in [0.15, 0.2) is 24.3 Å². The first kappa shape index (κ1) is 14.8. The summed E-state index contributed by atoms with van der Waals surface area (Å²) < 4.78 is 0. The van der Waals surface area contributed by atoms with E-state index in [-0.39, 0.29) is 11.8 Å². The van der Waals surface area contributed by atoms with E-state index in [1.54, 1.807) is 0 Å². The maximum Gasteiger partial charge on any atom is 0.140 e. The average molecular weight is 285 g/mol. The Bertz CT molecular complexity index is 519. The van der Waals surface area contributed by atoms with Crippen molar-refractivity contribution in [1.82, 2.24) is 4.90 Å². The van der Waals surface area contributed by atoms with Gasteiger partial charge in [0.15, 0.2) is 0 Å². The molecular weight excluding hydrogens is 258 g/mol. The lowest BCUT2D eigenvalue weighted by Gasteiger charge is -2.43. The number of carbonyl (C=O) groups excluding carboxylic acids is 1. The number of piperidine rings is 1. The standard InChI is InChI=1S/C19H27NO/c1-12(2)19(21)18-16(14-7-5-13(3)6-8-14)11-15-9-10-17(18)20(15)4/h5-8,12,15-18H,9-11H2,1-4H3/t15?,16-,17?,18+/m1/s1. The van der Waals surface area contributed by atoms with Gasteiger partial charge in [0, 0.05) is 23.9 Å². The Hall–Kier alpha value is -1.15. The molecule has 114 valence electrons. The monoisotopic (exact) mass is 285 g/mol. The van der Waals surface area contributed by atoms with Gasteiger partial charge >= 0.3 is 0 Å². The highest BCUT2D eigenvalue weighted by atomic mass is 16.1. The Kier molecular flexibility index (Phi) is 3.92. The van der Waals surface area contributed by atoms with Gasteiger partial charge in [0.05, 0.1) is 0 Å². The molecule has 2 heteroatoms. The molecule has 3 rings (SSSR count). The smallest absolute Gasteiger partial charge is 0.140 e. The molecule has 1 aromatic carbocycles. The molecule has 2 aliphatic rings. The van der Waals surface area contributed by atoms with E-state index in [0.29, 0.717) is 23.8 Å². The van der Waals surface area contributed by atoms with Gasteiger partial charge in [0.25, 0.3) is 0 Å². The number of hydrogen-bond donors (Lipinski definition) is 0. The largest absolute Gasteiger partial charge is 0.300 e. The molecule has 0 radical (unpaired) electrons. The van der Waals surface area contributed by atoms with E-state index in [2.05, 4.69) is 57.0 Å². The first-order chi connectivity index (χ1) is 9.99. The van der Waals surface area contributed by atoms with E-state index < -0.39 is 0 Å². The fourth-order valence-electron chi connectivity index (χ4n) is 4.40. The minimum atomic E-state index is 0.133. The lowest BCUT2D eigenvalue weighted by Crippen LogP contribution is -2.49. The highest BCUT2D eigenvalue weighted by molar-refractivity contribution is 5.84. The Morgan fingerprint density at radius 3 is 2.48 bits per heavy atom. The summed E-state index contributed by atoms with van der Waals surface area (Å²) in [5.74, 6) is 1.18. The minimum absolute atomic E-state index is 0.133. The van der Waals surface area contributed by atoms with Crippen molar-refractivity contribution in [3.05, 3.63) is 35.4 Å². The van der Waals surface area contributed by atoms with Crippen LogP contribution in [0.1, 0.15) is 50.2 Å². The quantitative estimate of drug-likeness (QED) is 0.842. The SMILES string of the molecule is Cc1ccc([C@H]2CC3CCC([C@H]2C(=O)C(C)C)N3C)cc1. The van der Waals surface area contributed by atoms with E-state index in [4.69, 9.17) is 0 Å². The van der Waals surface area contributed by atoms with Crippen molar-refractivity contribution in [3.8, 4) is 0 Å². The Balaban J connectivity index is 1.96. The summed E-state index contributed by atoms with van der Waals surface area (Å²) in [6.45, 7) is 6.23. The Morgan fingerprint density at radius 2 is 1.86 bits per heavy atom. The number of aryl methyl sites for hydroxylation is 1. The minimum Gasteiger partial charge on any atom is -0.300 e. The third kappa shape index (κ3) is 2.55. The van der Waals surface area contributed by atoms with Crippen molar-refractivity contribution in [2.45, 2.75) is 58.0 Å². The number of rotatable bonds is 3. The summed E-state index contributed by atoms with van der Waals surface area (Å²) in [5, 5.41) is 0. The summed E-state index contributed by atoms with van der Waals surface area (Å²) in [5.41, 5.74) is 2.66. The fraction of sp³-hybridized carbons (Fsp3) is 0.632. The Morgan fingerprint density at radius 1 is 1.19 bits per heavy atom. The number of nitrogens with zero attached hydrogens (tertiary/aromatic N) is 1. The second-order valence-corrected chi connectivity index (χ2v) is 7.30. The third-order valence-electron chi connectivity index (χ3n) is 5.67. The van der Waals surface area contributed by atoms with Gasteiger partial charge in [-0.25, -0.2) is 0 Å². The number of Topliss-reactive ketones (excluding diaryl/α,β-unsaturated/α-hetero) is 1. The number of ketones is 1. The first-order valence-electron chi connectivity index (χ1n) is 8.31. The molecular formula is C19H27NO. The Labute approximate surface area is 128 Å². The molecule has 0 saturated carbocycles. The third-order valence-corrected chi connectivity index (χ3v) is 5.67. The predicted molar refractivity (Wildman–Crippen MR) is 86.4 cm³/mol. The van der Waals surface area contributed by atoms with Gasteiger partial charge in [-0.1, -0.05) is 43.7 Å². The molecule has 2 fully saturated rings. The molecule has 0 aromatic heterocycles. The van der Waals surface area contributed by atoms with Crippen LogP contribution in [0.4, 0.5) is 0 Å². The van der Waals surface area contributed by atoms with Gasteiger partial charge < -0.3 is 0 Å². The fourth-order valence-corrected chi connectivity index (χ4v) is 4.40. The molecule has 2 heterocycles. The summed E-state index contributed by atoms with van der Waals surface area (Å²) in [6, 6.07) is 9.97. The average Bonchev–Trinajstić information content (AvgIpc) is 2.71. The first-order valence-corrected chi connectivity index (χ1v) is 8.31. The van der Waals surface area contributed by atoms with Crippen molar-refractivity contribution in [2.24, 2.45) is 11.8 Å². The second kappa shape index (κ2) is 5.57. The van der Waals surface area contributed by atoms with Crippen molar-refractivity contribution in [2.75, 3.05) is 7.05 Å². The molecule has 0 N–H and O–H groups in total. The van der Waals surface area contributed by atoms with Gasteiger partial charge in [0.1, 0.15) is 5.78 Å². The highest BCUT2D eigenvalue weighted by Crippen LogP contribution is 2.47. The highest BCUT2D eigenvalue weighted by Gasteiger charge is 2.48. The molecule has 0 spiro atoms. The lowest BCUT2D eigenvalue weighted by molar-refractivity contribution is -0.130. The van der Waals surface area contributed by atoms with E-state index in [1.807, 2.05) is 0 Å². The van der Waals surface area contributed by atoms with Gasteiger partial charge in [-0.2, -0.15) is 0 Å². The van der Waals surface area contributed by atoms with E-state index in [0.717, 1.165) is 6.42 Å². The number of carbonyl (C=O) groups is 1. The number of hydrogen-bond acceptors (Lipinski definition) is 2. The van der Waals surface area contributed by atoms with Crippen LogP contribution in [0.3, 0.4) is 0 Å². The van der Waals surface area contributed by atoms with E-state index >= 15 is 0 Å². The lowest BCUT2D eigenvalue weighted by atomic mass is 9.72. The van der Waals surface area contributed by atoms with Gasteiger partial charge in [-0.05, 0) is 44.7 Å². The maximum absolute atomic E-state index is 12.9. The second-order valence-electron chi connectivity index (χ2n) is 7.30. The molecule has 2 aliphatic heterocycles. The van der Waals surface area contributed by atoms with Crippen LogP contribution < -0.4 is 0 Å². The summed E-state index contributed by atoms with van der Waals surface area (Å²) in [4.78, 5) is 15.3. The van der Waals surface area contributed by atoms with Crippen LogP contribution in [-0.4, -0.2) is 29.8 Å². The van der Waals surface area contributed by atoms with Crippen molar-refractivity contribution in [3.63, 3.8) is 0 Å². The van der Waals surface area contributed by atoms with Crippen molar-refractivity contribution >= 4 is 5.78 Å². The zero-order valence-electron chi connectivity index (χ0n) is 13.7. The molecule has 4 atom stereocenters. The van der Waals surface area contributed by atoms with E-state index in [1.165, 1.54) is 24.0 Å². The predicted octanol–water partition coefficient (Wildman–Crippen LogP) is 3.79. The molecule has 21 heavy (non-hydrogen) atoms. The molecule has 1 aromatic rings. The van der Waals surface area contributed by atoms with E-state index in [9.17, 15) is 4.79 Å². The topological polar surface area (TPSA) is 20.3 Å². The number of benzene rings is 1. The van der Waals surface area contributed by atoms with Crippen molar-refractivity contribution < 1.29 is 4.79 Å². The van der Waals surface area contributed by atoms with Crippen LogP contribution in [-0.2, 0) is 4.79 Å². The molecule has 0 aliphatic carbocycles. The molecule has 2 unspecified atom stereocenters.